The van der Waals surface area contributed by atoms with Gasteiger partial charge in [0, 0.05) is 26.2 Å². The van der Waals surface area contributed by atoms with E-state index in [1.54, 1.807) is 0 Å². The van der Waals surface area contributed by atoms with Crippen molar-refractivity contribution in [3.8, 4) is 0 Å². The van der Waals surface area contributed by atoms with Crippen LogP contribution in [0.5, 0.6) is 0 Å². The number of piperazine rings is 1. The molecule has 1 aliphatic rings. The monoisotopic (exact) mass is 160 g/mol. The second kappa shape index (κ2) is 4.41. The molecule has 1 atom stereocenters. The SMILES string of the molecule is O=CC1CNCCN1CCF. The number of carbonyl (C=O) groups is 1. The highest BCUT2D eigenvalue weighted by atomic mass is 19.1. The largest absolute Gasteiger partial charge is 0.313 e. The van der Waals surface area contributed by atoms with Gasteiger partial charge in [0.05, 0.1) is 6.04 Å². The van der Waals surface area contributed by atoms with Crippen LogP contribution in [0.2, 0.25) is 0 Å². The van der Waals surface area contributed by atoms with Crippen LogP contribution in [-0.4, -0.2) is 50.1 Å². The molecule has 0 radical (unpaired) electrons. The molecule has 1 aliphatic heterocycles. The lowest BCUT2D eigenvalue weighted by atomic mass is 10.2. The molecule has 1 saturated heterocycles. The first-order valence-electron chi connectivity index (χ1n) is 3.84. The minimum absolute atomic E-state index is 0.125. The van der Waals surface area contributed by atoms with Gasteiger partial charge >= 0.3 is 0 Å². The minimum atomic E-state index is -0.371. The highest BCUT2D eigenvalue weighted by molar-refractivity contribution is 5.58. The number of nitrogens with zero attached hydrogens (tertiary/aromatic N) is 1. The lowest BCUT2D eigenvalue weighted by Gasteiger charge is -2.31. The Hall–Kier alpha value is -0.480. The Morgan fingerprint density at radius 2 is 2.55 bits per heavy atom. The molecule has 0 aromatic carbocycles. The average molecular weight is 160 g/mol. The smallest absolute Gasteiger partial charge is 0.138 e. The lowest BCUT2D eigenvalue weighted by molar-refractivity contribution is -0.113. The van der Waals surface area contributed by atoms with Crippen molar-refractivity contribution in [2.24, 2.45) is 0 Å². The Labute approximate surface area is 65.6 Å². The average Bonchev–Trinajstić information content (AvgIpc) is 2.06. The Kier molecular flexibility index (Phi) is 3.45. The zero-order valence-electron chi connectivity index (χ0n) is 6.42. The molecule has 1 unspecified atom stereocenters. The molecule has 0 amide bonds. The van der Waals surface area contributed by atoms with Gasteiger partial charge in [-0.25, -0.2) is 4.39 Å². The van der Waals surface area contributed by atoms with E-state index in [2.05, 4.69) is 5.32 Å². The summed E-state index contributed by atoms with van der Waals surface area (Å²) >= 11 is 0. The van der Waals surface area contributed by atoms with E-state index in [0.29, 0.717) is 13.1 Å². The third kappa shape index (κ3) is 2.24. The zero-order valence-corrected chi connectivity index (χ0v) is 6.42. The second-order valence-electron chi connectivity index (χ2n) is 2.63. The van der Waals surface area contributed by atoms with Gasteiger partial charge in [-0.15, -0.1) is 0 Å². The first-order chi connectivity index (χ1) is 5.38. The standard InChI is InChI=1S/C7H13FN2O/c8-1-3-10-4-2-9-5-7(10)6-11/h6-7,9H,1-5H2. The van der Waals surface area contributed by atoms with Crippen LogP contribution in [0.3, 0.4) is 0 Å². The Balaban J connectivity index is 2.37. The maximum atomic E-state index is 11.9. The quantitative estimate of drug-likeness (QED) is 0.561. The van der Waals surface area contributed by atoms with Crippen molar-refractivity contribution in [1.82, 2.24) is 10.2 Å². The van der Waals surface area contributed by atoms with Crippen molar-refractivity contribution in [3.05, 3.63) is 0 Å². The summed E-state index contributed by atoms with van der Waals surface area (Å²) in [6.45, 7) is 2.29. The Morgan fingerprint density at radius 3 is 3.18 bits per heavy atom. The summed E-state index contributed by atoms with van der Waals surface area (Å²) < 4.78 is 11.9. The molecule has 0 bridgehead atoms. The predicted octanol–water partition coefficient (Wildman–Crippen LogP) is -0.571. The van der Waals surface area contributed by atoms with Gasteiger partial charge in [-0.3, -0.25) is 4.90 Å². The molecule has 4 heteroatoms. The number of aldehydes is 1. The number of hydrogen-bond donors (Lipinski definition) is 1. The molecule has 0 spiro atoms. The van der Waals surface area contributed by atoms with E-state index in [4.69, 9.17) is 0 Å². The van der Waals surface area contributed by atoms with Crippen LogP contribution < -0.4 is 5.32 Å². The number of hydrogen-bond acceptors (Lipinski definition) is 3. The predicted molar refractivity (Wildman–Crippen MR) is 40.3 cm³/mol. The molecule has 64 valence electrons. The van der Waals surface area contributed by atoms with E-state index in [0.717, 1.165) is 19.4 Å². The van der Waals surface area contributed by atoms with Crippen LogP contribution in [0, 0.1) is 0 Å². The molecular formula is C7H13FN2O. The second-order valence-corrected chi connectivity index (χ2v) is 2.63. The summed E-state index contributed by atoms with van der Waals surface area (Å²) in [6, 6.07) is -0.125. The zero-order chi connectivity index (χ0) is 8.10. The number of halogens is 1. The minimum Gasteiger partial charge on any atom is -0.313 e. The van der Waals surface area contributed by atoms with Crippen LogP contribution >= 0.6 is 0 Å². The number of alkyl halides is 1. The number of nitrogens with one attached hydrogen (secondary N) is 1. The number of rotatable bonds is 3. The normalized spacial score (nSPS) is 26.8. The summed E-state index contributed by atoms with van der Waals surface area (Å²) in [5.74, 6) is 0. The highest BCUT2D eigenvalue weighted by Gasteiger charge is 2.20. The fraction of sp³-hybridized carbons (Fsp3) is 0.857. The molecule has 11 heavy (non-hydrogen) atoms. The summed E-state index contributed by atoms with van der Waals surface area (Å²) in [5.41, 5.74) is 0. The molecule has 1 rings (SSSR count). The summed E-state index contributed by atoms with van der Waals surface area (Å²) in [5, 5.41) is 3.08. The van der Waals surface area contributed by atoms with Gasteiger partial charge in [0.25, 0.3) is 0 Å². The molecule has 0 aliphatic carbocycles. The fourth-order valence-corrected chi connectivity index (χ4v) is 1.29. The topological polar surface area (TPSA) is 32.3 Å². The van der Waals surface area contributed by atoms with Crippen molar-refractivity contribution in [2.75, 3.05) is 32.9 Å². The van der Waals surface area contributed by atoms with Crippen molar-refractivity contribution in [1.29, 1.82) is 0 Å². The Morgan fingerprint density at radius 1 is 1.73 bits per heavy atom. The fourth-order valence-electron chi connectivity index (χ4n) is 1.29. The van der Waals surface area contributed by atoms with E-state index < -0.39 is 0 Å². The summed E-state index contributed by atoms with van der Waals surface area (Å²) in [7, 11) is 0. The molecule has 1 N–H and O–H groups in total. The van der Waals surface area contributed by atoms with Crippen LogP contribution in [0.25, 0.3) is 0 Å². The van der Waals surface area contributed by atoms with Crippen molar-refractivity contribution < 1.29 is 9.18 Å². The summed E-state index contributed by atoms with van der Waals surface area (Å²) in [4.78, 5) is 12.3. The van der Waals surface area contributed by atoms with Gasteiger partial charge in [-0.1, -0.05) is 0 Å². The molecule has 3 nitrogen and oxygen atoms in total. The van der Waals surface area contributed by atoms with Crippen molar-refractivity contribution in [2.45, 2.75) is 6.04 Å². The Bertz CT molecular complexity index is 130. The van der Waals surface area contributed by atoms with E-state index in [-0.39, 0.29) is 12.7 Å². The molecule has 1 fully saturated rings. The van der Waals surface area contributed by atoms with E-state index in [1.165, 1.54) is 0 Å². The molecule has 0 saturated carbocycles. The van der Waals surface area contributed by atoms with Crippen LogP contribution in [0.4, 0.5) is 4.39 Å². The molecular weight excluding hydrogens is 147 g/mol. The van der Waals surface area contributed by atoms with Gasteiger partial charge in [0.15, 0.2) is 0 Å². The van der Waals surface area contributed by atoms with Gasteiger partial charge in [0.1, 0.15) is 13.0 Å². The van der Waals surface area contributed by atoms with Crippen molar-refractivity contribution >= 4 is 6.29 Å². The van der Waals surface area contributed by atoms with Crippen LogP contribution in [0.1, 0.15) is 0 Å². The molecule has 0 aromatic rings. The van der Waals surface area contributed by atoms with E-state index in [9.17, 15) is 9.18 Å². The van der Waals surface area contributed by atoms with Crippen LogP contribution in [-0.2, 0) is 4.79 Å². The maximum Gasteiger partial charge on any atom is 0.138 e. The number of carbonyl (C=O) groups excluding carboxylic acids is 1. The molecule has 1 heterocycles. The summed E-state index contributed by atoms with van der Waals surface area (Å²) in [6.07, 6.45) is 0.877. The first-order valence-corrected chi connectivity index (χ1v) is 3.84. The van der Waals surface area contributed by atoms with Gasteiger partial charge in [-0.2, -0.15) is 0 Å². The van der Waals surface area contributed by atoms with Gasteiger partial charge in [0.2, 0.25) is 0 Å². The van der Waals surface area contributed by atoms with Crippen molar-refractivity contribution in [3.63, 3.8) is 0 Å². The van der Waals surface area contributed by atoms with E-state index in [1.807, 2.05) is 4.90 Å². The first kappa shape index (κ1) is 8.62. The van der Waals surface area contributed by atoms with Gasteiger partial charge in [-0.05, 0) is 0 Å². The maximum absolute atomic E-state index is 11.9. The lowest BCUT2D eigenvalue weighted by Crippen LogP contribution is -2.52. The van der Waals surface area contributed by atoms with E-state index >= 15 is 0 Å². The third-order valence-electron chi connectivity index (χ3n) is 1.93. The van der Waals surface area contributed by atoms with Crippen LogP contribution in [0.15, 0.2) is 0 Å². The van der Waals surface area contributed by atoms with Gasteiger partial charge < -0.3 is 10.1 Å². The highest BCUT2D eigenvalue weighted by Crippen LogP contribution is 1.99. The molecule has 0 aromatic heterocycles. The third-order valence-corrected chi connectivity index (χ3v) is 1.93.